The second-order valence-corrected chi connectivity index (χ2v) is 4.92. The number of rotatable bonds is 2. The van der Waals surface area contributed by atoms with Crippen molar-refractivity contribution in [3.63, 3.8) is 0 Å². The number of hydrogen-bond donors (Lipinski definition) is 0. The monoisotopic (exact) mass is 240 g/mol. The average Bonchev–Trinajstić information content (AvgIpc) is 2.77. The van der Waals surface area contributed by atoms with Crippen LogP contribution in [0.25, 0.3) is 0 Å². The van der Waals surface area contributed by atoms with Crippen LogP contribution in [0.3, 0.4) is 0 Å². The smallest absolute Gasteiger partial charge is 0.166 e. The molecule has 0 fully saturated rings. The molecule has 3 nitrogen and oxygen atoms in total. The molecular weight excluding hydrogens is 224 g/mol. The van der Waals surface area contributed by atoms with Gasteiger partial charge < -0.3 is 0 Å². The summed E-state index contributed by atoms with van der Waals surface area (Å²) in [6, 6.07) is 8.45. The number of Topliss-reactive ketones (excluding diaryl/α,β-unsaturated/α-hetero) is 1. The number of carbonyl (C=O) groups is 1. The van der Waals surface area contributed by atoms with Gasteiger partial charge in [-0.05, 0) is 25.3 Å². The van der Waals surface area contributed by atoms with Gasteiger partial charge in [-0.25, -0.2) is 0 Å². The van der Waals surface area contributed by atoms with Gasteiger partial charge in [0.25, 0.3) is 0 Å². The van der Waals surface area contributed by atoms with Gasteiger partial charge in [0.15, 0.2) is 5.78 Å². The van der Waals surface area contributed by atoms with Crippen molar-refractivity contribution in [3.05, 3.63) is 52.8 Å². The standard InChI is InChI=1S/C15H16N2O/c1-11-5-7-12(8-6-11)10-17-14-3-2-4-15(18)13(14)9-16-17/h5-9H,2-4,10H2,1H3. The van der Waals surface area contributed by atoms with E-state index in [0.717, 1.165) is 30.6 Å². The number of ketones is 1. The highest BCUT2D eigenvalue weighted by Crippen LogP contribution is 2.21. The number of aromatic nitrogens is 2. The van der Waals surface area contributed by atoms with Crippen LogP contribution in [0.1, 0.15) is 40.0 Å². The second kappa shape index (κ2) is 4.41. The molecule has 0 spiro atoms. The number of nitrogens with zero attached hydrogens (tertiary/aromatic N) is 2. The molecule has 3 heteroatoms. The largest absolute Gasteiger partial charge is 0.294 e. The van der Waals surface area contributed by atoms with Crippen LogP contribution < -0.4 is 0 Å². The molecule has 0 aliphatic heterocycles. The molecule has 0 unspecified atom stereocenters. The van der Waals surface area contributed by atoms with Crippen molar-refractivity contribution < 1.29 is 4.79 Å². The number of hydrogen-bond acceptors (Lipinski definition) is 2. The number of benzene rings is 1. The van der Waals surface area contributed by atoms with Crippen LogP contribution in [0.15, 0.2) is 30.5 Å². The molecule has 0 bridgehead atoms. The highest BCUT2D eigenvalue weighted by Gasteiger charge is 2.21. The fraction of sp³-hybridized carbons (Fsp3) is 0.333. The lowest BCUT2D eigenvalue weighted by Crippen LogP contribution is -2.14. The zero-order chi connectivity index (χ0) is 12.5. The predicted octanol–water partition coefficient (Wildman–Crippen LogP) is 2.76. The van der Waals surface area contributed by atoms with Crippen molar-refractivity contribution in [3.8, 4) is 0 Å². The van der Waals surface area contributed by atoms with Crippen LogP contribution >= 0.6 is 0 Å². The van der Waals surface area contributed by atoms with Crippen molar-refractivity contribution in [1.29, 1.82) is 0 Å². The summed E-state index contributed by atoms with van der Waals surface area (Å²) in [6.45, 7) is 2.83. The maximum atomic E-state index is 11.7. The lowest BCUT2D eigenvalue weighted by molar-refractivity contribution is 0.0972. The van der Waals surface area contributed by atoms with Crippen LogP contribution in [-0.4, -0.2) is 15.6 Å². The first kappa shape index (κ1) is 11.2. The Balaban J connectivity index is 1.89. The minimum Gasteiger partial charge on any atom is -0.294 e. The van der Waals surface area contributed by atoms with E-state index in [1.807, 2.05) is 4.68 Å². The number of aryl methyl sites for hydroxylation is 1. The average molecular weight is 240 g/mol. The Morgan fingerprint density at radius 3 is 2.78 bits per heavy atom. The van der Waals surface area contributed by atoms with E-state index < -0.39 is 0 Å². The molecule has 0 saturated heterocycles. The third-order valence-corrected chi connectivity index (χ3v) is 3.52. The van der Waals surface area contributed by atoms with Crippen LogP contribution in [0.4, 0.5) is 0 Å². The SMILES string of the molecule is Cc1ccc(Cn2ncc3c2CCCC3=O)cc1. The van der Waals surface area contributed by atoms with Gasteiger partial charge in [0.2, 0.25) is 0 Å². The third kappa shape index (κ3) is 1.96. The molecule has 2 aromatic rings. The van der Waals surface area contributed by atoms with Crippen LogP contribution in [-0.2, 0) is 13.0 Å². The van der Waals surface area contributed by atoms with E-state index >= 15 is 0 Å². The topological polar surface area (TPSA) is 34.9 Å². The summed E-state index contributed by atoms with van der Waals surface area (Å²) in [4.78, 5) is 11.7. The summed E-state index contributed by atoms with van der Waals surface area (Å²) in [7, 11) is 0. The first-order chi connectivity index (χ1) is 8.74. The molecule has 0 N–H and O–H groups in total. The van der Waals surface area contributed by atoms with Gasteiger partial charge in [0.05, 0.1) is 18.3 Å². The maximum absolute atomic E-state index is 11.7. The van der Waals surface area contributed by atoms with Crippen LogP contribution in [0.2, 0.25) is 0 Å². The molecule has 0 atom stereocenters. The fourth-order valence-corrected chi connectivity index (χ4v) is 2.46. The van der Waals surface area contributed by atoms with E-state index in [9.17, 15) is 4.79 Å². The quantitative estimate of drug-likeness (QED) is 0.809. The van der Waals surface area contributed by atoms with Crippen molar-refractivity contribution in [2.45, 2.75) is 32.7 Å². The van der Waals surface area contributed by atoms with Gasteiger partial charge in [-0.15, -0.1) is 0 Å². The predicted molar refractivity (Wildman–Crippen MR) is 69.8 cm³/mol. The lowest BCUT2D eigenvalue weighted by Gasteiger charge is -2.13. The molecule has 1 aromatic carbocycles. The van der Waals surface area contributed by atoms with Crippen LogP contribution in [0.5, 0.6) is 0 Å². The fourth-order valence-electron chi connectivity index (χ4n) is 2.46. The molecule has 0 saturated carbocycles. The Bertz CT molecular complexity index is 581. The molecule has 1 aromatic heterocycles. The zero-order valence-corrected chi connectivity index (χ0v) is 10.5. The van der Waals surface area contributed by atoms with Gasteiger partial charge in [-0.2, -0.15) is 5.10 Å². The van der Waals surface area contributed by atoms with E-state index in [-0.39, 0.29) is 5.78 Å². The zero-order valence-electron chi connectivity index (χ0n) is 10.5. The summed E-state index contributed by atoms with van der Waals surface area (Å²) < 4.78 is 1.97. The number of fused-ring (bicyclic) bond motifs is 1. The summed E-state index contributed by atoms with van der Waals surface area (Å²) in [6.07, 6.45) is 4.31. The minimum absolute atomic E-state index is 0.242. The summed E-state index contributed by atoms with van der Waals surface area (Å²) in [5.41, 5.74) is 4.42. The molecular formula is C15H16N2O. The minimum atomic E-state index is 0.242. The van der Waals surface area contributed by atoms with Gasteiger partial charge in [0.1, 0.15) is 0 Å². The maximum Gasteiger partial charge on any atom is 0.166 e. The Morgan fingerprint density at radius 2 is 2.00 bits per heavy atom. The molecule has 1 heterocycles. The summed E-state index contributed by atoms with van der Waals surface area (Å²) in [5.74, 6) is 0.242. The molecule has 18 heavy (non-hydrogen) atoms. The summed E-state index contributed by atoms with van der Waals surface area (Å²) >= 11 is 0. The molecule has 92 valence electrons. The van der Waals surface area contributed by atoms with E-state index in [4.69, 9.17) is 0 Å². The Morgan fingerprint density at radius 1 is 1.22 bits per heavy atom. The van der Waals surface area contributed by atoms with Crippen molar-refractivity contribution >= 4 is 5.78 Å². The highest BCUT2D eigenvalue weighted by atomic mass is 16.1. The number of carbonyl (C=O) groups excluding carboxylic acids is 1. The molecule has 1 aliphatic carbocycles. The van der Waals surface area contributed by atoms with Gasteiger partial charge >= 0.3 is 0 Å². The highest BCUT2D eigenvalue weighted by molar-refractivity contribution is 5.97. The van der Waals surface area contributed by atoms with Crippen molar-refractivity contribution in [2.75, 3.05) is 0 Å². The van der Waals surface area contributed by atoms with Gasteiger partial charge in [-0.1, -0.05) is 29.8 Å². The van der Waals surface area contributed by atoms with Gasteiger partial charge in [-0.3, -0.25) is 9.48 Å². The van der Waals surface area contributed by atoms with E-state index in [0.29, 0.717) is 6.42 Å². The Labute approximate surface area is 106 Å². The van der Waals surface area contributed by atoms with E-state index in [1.165, 1.54) is 11.1 Å². The molecule has 3 rings (SSSR count). The van der Waals surface area contributed by atoms with E-state index in [2.05, 4.69) is 36.3 Å². The Hall–Kier alpha value is -1.90. The van der Waals surface area contributed by atoms with Gasteiger partial charge in [0, 0.05) is 12.1 Å². The van der Waals surface area contributed by atoms with Crippen LogP contribution in [0, 0.1) is 6.92 Å². The van der Waals surface area contributed by atoms with E-state index in [1.54, 1.807) is 6.20 Å². The lowest BCUT2D eigenvalue weighted by atomic mass is 9.97. The normalized spacial score (nSPS) is 14.6. The molecule has 0 radical (unpaired) electrons. The van der Waals surface area contributed by atoms with Crippen molar-refractivity contribution in [1.82, 2.24) is 9.78 Å². The molecule has 1 aliphatic rings. The summed E-state index contributed by atoms with van der Waals surface area (Å²) in [5, 5.41) is 4.36. The molecule has 0 amide bonds. The van der Waals surface area contributed by atoms with Crippen molar-refractivity contribution in [2.24, 2.45) is 0 Å². The first-order valence-corrected chi connectivity index (χ1v) is 6.37. The Kier molecular flexibility index (Phi) is 2.74. The second-order valence-electron chi connectivity index (χ2n) is 4.92. The third-order valence-electron chi connectivity index (χ3n) is 3.52. The first-order valence-electron chi connectivity index (χ1n) is 6.37.